The Morgan fingerprint density at radius 2 is 1.62 bits per heavy atom. The van der Waals surface area contributed by atoms with Gasteiger partial charge >= 0.3 is 5.92 Å². The molecule has 2 unspecified atom stereocenters. The van der Waals surface area contributed by atoms with Gasteiger partial charge in [0, 0.05) is 28.5 Å². The van der Waals surface area contributed by atoms with E-state index in [1.165, 1.54) is 25.0 Å². The van der Waals surface area contributed by atoms with Gasteiger partial charge in [-0.3, -0.25) is 24.5 Å². The number of alkyl halides is 2. The van der Waals surface area contributed by atoms with Crippen LogP contribution in [0.3, 0.4) is 0 Å². The number of carbonyl (C=O) groups excluding carboxylic acids is 4. The van der Waals surface area contributed by atoms with Crippen LogP contribution in [-0.4, -0.2) is 93.8 Å². The van der Waals surface area contributed by atoms with Crippen molar-refractivity contribution < 1.29 is 28.0 Å². The van der Waals surface area contributed by atoms with E-state index in [4.69, 9.17) is 11.6 Å². The molecule has 7 nitrogen and oxygen atoms in total. The molecular weight excluding hydrogens is 519 g/mol. The van der Waals surface area contributed by atoms with Gasteiger partial charge in [0.15, 0.2) is 0 Å². The molecule has 17 heteroatoms. The molecule has 4 amide bonds. The highest BCUT2D eigenvalue weighted by atomic mass is 35.5. The Bertz CT molecular complexity index is 1410. The molecule has 1 N–H and O–H groups in total. The van der Waals surface area contributed by atoms with E-state index in [2.05, 4.69) is 5.32 Å². The molecule has 2 aliphatic rings. The Labute approximate surface area is 237 Å². The molecule has 0 aromatic heterocycles. The molecule has 0 saturated carbocycles. The van der Waals surface area contributed by atoms with Crippen molar-refractivity contribution in [3.8, 4) is 0 Å². The summed E-state index contributed by atoms with van der Waals surface area (Å²) in [6, 6.07) is 9.78. The van der Waals surface area contributed by atoms with Crippen molar-refractivity contribution in [2.75, 3.05) is 0 Å². The minimum Gasteiger partial charge on any atom is -0.393 e. The summed E-state index contributed by atoms with van der Waals surface area (Å²) >= 11 is 5.81. The maximum absolute atomic E-state index is 15.2. The smallest absolute Gasteiger partial charge is 0.348 e. The summed E-state index contributed by atoms with van der Waals surface area (Å²) in [5.74, 6) is -7.01. The second kappa shape index (κ2) is 9.35. The van der Waals surface area contributed by atoms with Gasteiger partial charge in [-0.2, -0.15) is 8.78 Å². The highest BCUT2D eigenvalue weighted by Crippen LogP contribution is 2.49. The predicted octanol–water partition coefficient (Wildman–Crippen LogP) is -4.37. The van der Waals surface area contributed by atoms with Gasteiger partial charge < -0.3 is 9.71 Å². The molecule has 2 aliphatic heterocycles. The van der Waals surface area contributed by atoms with Crippen molar-refractivity contribution in [2.45, 2.75) is 34.3 Å². The molecule has 39 heavy (non-hydrogen) atoms. The Morgan fingerprint density at radius 3 is 2.21 bits per heavy atom. The second-order valence-corrected chi connectivity index (χ2v) is 12.0. The summed E-state index contributed by atoms with van der Waals surface area (Å²) in [7, 11) is 11.6. The molecule has 0 spiro atoms. The van der Waals surface area contributed by atoms with Crippen LogP contribution in [0, 0.1) is 0 Å². The topological polar surface area (TPSA) is 86.8 Å². The van der Waals surface area contributed by atoms with Crippen LogP contribution in [0.2, 0.25) is 16.1 Å². The standard InChI is InChI=1S/C22H25B7ClF2N3O4/c23-14-15(36)33-17(38)21(26,20(14,24)25)34-8-9-7-11(3-6-13(9)16(34)37)22(27,28)35(29)18(39)19(31,32)10-1-4-12(30)5-2-10/h1-7,14H,8,23-29H2,(H,33,36,38). The Kier molecular flexibility index (Phi) is 6.98. The molecule has 0 bridgehead atoms. The van der Waals surface area contributed by atoms with Crippen molar-refractivity contribution in [3.63, 3.8) is 0 Å². The van der Waals surface area contributed by atoms with E-state index in [1.54, 1.807) is 65.3 Å². The van der Waals surface area contributed by atoms with Gasteiger partial charge in [0.05, 0.1) is 5.44 Å². The first kappa shape index (κ1) is 29.1. The fourth-order valence-corrected chi connectivity index (χ4v) is 5.48. The number of rotatable bonds is 5. The normalized spacial score (nSPS) is 22.8. The van der Waals surface area contributed by atoms with E-state index in [0.717, 1.165) is 16.9 Å². The average molecular weight is 545 g/mol. The van der Waals surface area contributed by atoms with Crippen molar-refractivity contribution in [3.05, 3.63) is 69.7 Å². The largest absolute Gasteiger partial charge is 0.393 e. The van der Waals surface area contributed by atoms with E-state index >= 15 is 8.78 Å². The van der Waals surface area contributed by atoms with Crippen molar-refractivity contribution >= 4 is 90.3 Å². The van der Waals surface area contributed by atoms with Gasteiger partial charge in [-0.1, -0.05) is 41.1 Å². The lowest BCUT2D eigenvalue weighted by Crippen LogP contribution is -2.72. The third-order valence-corrected chi connectivity index (χ3v) is 9.44. The summed E-state index contributed by atoms with van der Waals surface area (Å²) in [5.41, 5.74) is -0.266. The van der Waals surface area contributed by atoms with Crippen LogP contribution in [0.15, 0.2) is 42.5 Å². The Morgan fingerprint density at radius 1 is 1.05 bits per heavy atom. The second-order valence-electron chi connectivity index (χ2n) is 11.6. The van der Waals surface area contributed by atoms with Crippen molar-refractivity contribution in [2.24, 2.45) is 0 Å². The van der Waals surface area contributed by atoms with Gasteiger partial charge in [-0.25, -0.2) is 0 Å². The van der Waals surface area contributed by atoms with Gasteiger partial charge in [0.2, 0.25) is 19.8 Å². The maximum atomic E-state index is 15.2. The van der Waals surface area contributed by atoms with Crippen LogP contribution in [0.25, 0.3) is 0 Å². The molecule has 0 radical (unpaired) electrons. The lowest BCUT2D eigenvalue weighted by molar-refractivity contribution is -0.155. The number of nitrogens with zero attached hydrogens (tertiary/aromatic N) is 2. The fraction of sp³-hybridized carbons (Fsp3) is 0.273. The first-order valence-corrected chi connectivity index (χ1v) is 13.0. The van der Waals surface area contributed by atoms with E-state index in [-0.39, 0.29) is 17.5 Å². The minimum atomic E-state index is -3.79. The molecule has 1 fully saturated rings. The van der Waals surface area contributed by atoms with Crippen LogP contribution in [0.5, 0.6) is 0 Å². The quantitative estimate of drug-likeness (QED) is 0.305. The van der Waals surface area contributed by atoms with Gasteiger partial charge in [0.25, 0.3) is 11.8 Å². The molecule has 194 valence electrons. The molecule has 2 aromatic rings. The number of hydrogen-bond acceptors (Lipinski definition) is 4. The average Bonchev–Trinajstić information content (AvgIpc) is 3.21. The Balaban J connectivity index is 1.65. The maximum Gasteiger partial charge on any atom is 0.348 e. The monoisotopic (exact) mass is 545 g/mol. The van der Waals surface area contributed by atoms with Crippen molar-refractivity contribution in [1.29, 1.82) is 0 Å². The SMILES string of the molecule is BC1C(=O)NC(=O)C(B)(N2Cc3cc(C(B)(B)N(B)C(=O)C(F)(F)c4ccc(Cl)cc4)ccc3C2=O)C1(B)B. The number of carbonyl (C=O) groups is 4. The Hall–Kier alpha value is -2.88. The highest BCUT2D eigenvalue weighted by Gasteiger charge is 2.60. The molecule has 2 atom stereocenters. The first-order chi connectivity index (χ1) is 17.9. The number of fused-ring (bicyclic) bond motifs is 1. The first-order valence-electron chi connectivity index (χ1n) is 12.6. The zero-order valence-corrected chi connectivity index (χ0v) is 23.7. The lowest BCUT2D eigenvalue weighted by Gasteiger charge is -2.54. The van der Waals surface area contributed by atoms with Crippen LogP contribution < -0.4 is 5.32 Å². The number of benzene rings is 2. The number of hydrogen-bond donors (Lipinski definition) is 1. The highest BCUT2D eigenvalue weighted by molar-refractivity contribution is 6.57. The van der Waals surface area contributed by atoms with E-state index in [9.17, 15) is 19.2 Å². The molecular formula is C22H25B7ClF2N3O4. The summed E-state index contributed by atoms with van der Waals surface area (Å²) in [4.78, 5) is 54.5. The van der Waals surface area contributed by atoms with Gasteiger partial charge in [0.1, 0.15) is 47.1 Å². The number of imide groups is 1. The molecule has 4 rings (SSSR count). The molecule has 1 saturated heterocycles. The summed E-state index contributed by atoms with van der Waals surface area (Å²) in [6.45, 7) is 0.0882. The van der Waals surface area contributed by atoms with Crippen molar-refractivity contribution in [1.82, 2.24) is 15.0 Å². The van der Waals surface area contributed by atoms with Gasteiger partial charge in [-0.15, -0.1) is 0 Å². The number of amides is 4. The zero-order chi connectivity index (χ0) is 29.3. The van der Waals surface area contributed by atoms with Crippen LogP contribution in [0.1, 0.15) is 27.0 Å². The summed E-state index contributed by atoms with van der Waals surface area (Å²) in [6.07, 6.45) is 0. The zero-order valence-electron chi connectivity index (χ0n) is 23.0. The molecule has 2 aromatic carbocycles. The van der Waals surface area contributed by atoms with Gasteiger partial charge in [-0.05, 0) is 34.7 Å². The van der Waals surface area contributed by atoms with E-state index < -0.39 is 51.0 Å². The van der Waals surface area contributed by atoms with Crippen LogP contribution in [-0.2, 0) is 32.2 Å². The van der Waals surface area contributed by atoms with Crippen LogP contribution in [0.4, 0.5) is 8.78 Å². The molecule has 2 heterocycles. The predicted molar refractivity (Wildman–Crippen MR) is 162 cm³/mol. The van der Waals surface area contributed by atoms with E-state index in [0.29, 0.717) is 16.7 Å². The lowest BCUT2D eigenvalue weighted by atomic mass is 9.31. The number of piperidine rings is 1. The summed E-state index contributed by atoms with van der Waals surface area (Å²) in [5, 5.41) is 0.633. The third kappa shape index (κ3) is 4.26. The fourth-order valence-electron chi connectivity index (χ4n) is 5.36. The van der Waals surface area contributed by atoms with E-state index in [1.807, 2.05) is 0 Å². The summed E-state index contributed by atoms with van der Waals surface area (Å²) < 4.78 is 30.3. The van der Waals surface area contributed by atoms with Crippen LogP contribution >= 0.6 is 11.6 Å². The third-order valence-electron chi connectivity index (χ3n) is 9.18. The molecule has 0 aliphatic carbocycles. The number of nitrogens with one attached hydrogen (secondary N) is 1. The number of halogens is 3. The minimum absolute atomic E-state index is 0.0882.